The van der Waals surface area contributed by atoms with E-state index in [0.717, 1.165) is 5.56 Å². The lowest BCUT2D eigenvalue weighted by Crippen LogP contribution is -2.08. The third kappa shape index (κ3) is 3.63. The largest absolute Gasteiger partial charge is 0.489 e. The summed E-state index contributed by atoms with van der Waals surface area (Å²) in [5, 5.41) is 1.10. The summed E-state index contributed by atoms with van der Waals surface area (Å²) in [5.74, 6) is 0.210. The molecule has 2 nitrogen and oxygen atoms in total. The third-order valence-corrected chi connectivity index (χ3v) is 3.45. The molecule has 2 aromatic carbocycles. The predicted octanol–water partition coefficient (Wildman–Crippen LogP) is 4.73. The van der Waals surface area contributed by atoms with Crippen molar-refractivity contribution >= 4 is 23.2 Å². The highest BCUT2D eigenvalue weighted by molar-refractivity contribution is 6.35. The van der Waals surface area contributed by atoms with Crippen molar-refractivity contribution in [1.82, 2.24) is 0 Å². The summed E-state index contributed by atoms with van der Waals surface area (Å²) in [6.45, 7) is 2.04. The van der Waals surface area contributed by atoms with E-state index in [0.29, 0.717) is 21.4 Å². The normalized spacial score (nSPS) is 12.2. The quantitative estimate of drug-likeness (QED) is 0.885. The minimum atomic E-state index is -0.339. The molecule has 0 aromatic heterocycles. The van der Waals surface area contributed by atoms with E-state index in [-0.39, 0.29) is 18.5 Å². The fourth-order valence-electron chi connectivity index (χ4n) is 1.80. The molecule has 2 rings (SSSR count). The molecular weight excluding hydrogens is 300 g/mol. The molecule has 0 amide bonds. The van der Waals surface area contributed by atoms with E-state index in [1.807, 2.05) is 0 Å². The molecule has 0 aliphatic rings. The summed E-state index contributed by atoms with van der Waals surface area (Å²) in [6, 6.07) is 9.15. The van der Waals surface area contributed by atoms with Crippen molar-refractivity contribution in [2.24, 2.45) is 5.73 Å². The second-order valence-electron chi connectivity index (χ2n) is 4.50. The molecule has 0 unspecified atom stereocenters. The van der Waals surface area contributed by atoms with Crippen LogP contribution in [0.3, 0.4) is 0 Å². The molecule has 0 aliphatic heterocycles. The third-order valence-electron chi connectivity index (χ3n) is 2.86. The van der Waals surface area contributed by atoms with Gasteiger partial charge >= 0.3 is 0 Å². The summed E-state index contributed by atoms with van der Waals surface area (Å²) in [4.78, 5) is 0. The number of halogens is 3. The molecule has 1 atom stereocenters. The minimum absolute atomic E-state index is 0.265. The Morgan fingerprint density at radius 2 is 1.95 bits per heavy atom. The Morgan fingerprint density at radius 1 is 1.20 bits per heavy atom. The van der Waals surface area contributed by atoms with Crippen molar-refractivity contribution in [3.63, 3.8) is 0 Å². The van der Waals surface area contributed by atoms with Crippen LogP contribution >= 0.6 is 23.2 Å². The van der Waals surface area contributed by atoms with Crippen LogP contribution in [0.1, 0.15) is 24.1 Å². The lowest BCUT2D eigenvalue weighted by molar-refractivity contribution is 0.301. The SMILES string of the molecule is C[C@@H](N)c1cc(F)ccc1OCc1ccc(Cl)cc1Cl. The summed E-state index contributed by atoms with van der Waals surface area (Å²) in [5.41, 5.74) is 7.23. The van der Waals surface area contributed by atoms with Crippen LogP contribution in [0.2, 0.25) is 10.0 Å². The monoisotopic (exact) mass is 313 g/mol. The lowest BCUT2D eigenvalue weighted by atomic mass is 10.1. The van der Waals surface area contributed by atoms with E-state index < -0.39 is 0 Å². The minimum Gasteiger partial charge on any atom is -0.489 e. The fraction of sp³-hybridized carbons (Fsp3) is 0.200. The molecule has 0 fully saturated rings. The first kappa shape index (κ1) is 15.1. The molecule has 20 heavy (non-hydrogen) atoms. The Labute approximate surface area is 127 Å². The molecule has 0 saturated heterocycles. The van der Waals surface area contributed by atoms with E-state index in [1.54, 1.807) is 31.2 Å². The molecule has 106 valence electrons. The van der Waals surface area contributed by atoms with E-state index >= 15 is 0 Å². The van der Waals surface area contributed by atoms with Crippen molar-refractivity contribution in [2.45, 2.75) is 19.6 Å². The zero-order valence-corrected chi connectivity index (χ0v) is 12.4. The Hall–Kier alpha value is -1.29. The topological polar surface area (TPSA) is 35.2 Å². The second kappa shape index (κ2) is 6.44. The van der Waals surface area contributed by atoms with Crippen molar-refractivity contribution < 1.29 is 9.13 Å². The van der Waals surface area contributed by atoms with Crippen molar-refractivity contribution in [1.29, 1.82) is 0 Å². The second-order valence-corrected chi connectivity index (χ2v) is 5.34. The Kier molecular flexibility index (Phi) is 4.86. The molecule has 5 heteroatoms. The van der Waals surface area contributed by atoms with Gasteiger partial charge in [0.05, 0.1) is 0 Å². The molecule has 0 heterocycles. The number of hydrogen-bond acceptors (Lipinski definition) is 2. The average molecular weight is 314 g/mol. The first-order valence-electron chi connectivity index (χ1n) is 6.09. The Bertz CT molecular complexity index is 617. The van der Waals surface area contributed by atoms with E-state index in [1.165, 1.54) is 12.1 Å². The number of benzene rings is 2. The maximum Gasteiger partial charge on any atom is 0.124 e. The Morgan fingerprint density at radius 3 is 2.60 bits per heavy atom. The first-order valence-corrected chi connectivity index (χ1v) is 6.84. The fourth-order valence-corrected chi connectivity index (χ4v) is 2.26. The summed E-state index contributed by atoms with van der Waals surface area (Å²) < 4.78 is 18.9. The van der Waals surface area contributed by atoms with Crippen LogP contribution in [0.25, 0.3) is 0 Å². The van der Waals surface area contributed by atoms with Crippen LogP contribution in [0.4, 0.5) is 4.39 Å². The number of rotatable bonds is 4. The number of hydrogen-bond donors (Lipinski definition) is 1. The van der Waals surface area contributed by atoms with E-state index in [9.17, 15) is 4.39 Å². The van der Waals surface area contributed by atoms with Crippen LogP contribution in [-0.4, -0.2) is 0 Å². The maximum absolute atomic E-state index is 13.2. The first-order chi connectivity index (χ1) is 9.47. The predicted molar refractivity (Wildman–Crippen MR) is 79.8 cm³/mol. The summed E-state index contributed by atoms with van der Waals surface area (Å²) in [6.07, 6.45) is 0. The van der Waals surface area contributed by atoms with Gasteiger partial charge in [0.2, 0.25) is 0 Å². The number of nitrogens with two attached hydrogens (primary N) is 1. The highest BCUT2D eigenvalue weighted by Crippen LogP contribution is 2.27. The van der Waals surface area contributed by atoms with Gasteiger partial charge in [-0.25, -0.2) is 4.39 Å². The van der Waals surface area contributed by atoms with Gasteiger partial charge in [0, 0.05) is 27.2 Å². The molecule has 0 aliphatic carbocycles. The highest BCUT2D eigenvalue weighted by atomic mass is 35.5. The van der Waals surface area contributed by atoms with Crippen molar-refractivity contribution in [2.75, 3.05) is 0 Å². The molecular formula is C15H14Cl2FNO. The summed E-state index contributed by atoms with van der Waals surface area (Å²) >= 11 is 11.9. The van der Waals surface area contributed by atoms with Crippen LogP contribution in [-0.2, 0) is 6.61 Å². The van der Waals surface area contributed by atoms with Gasteiger partial charge in [-0.3, -0.25) is 0 Å². The lowest BCUT2D eigenvalue weighted by Gasteiger charge is -2.14. The van der Waals surface area contributed by atoms with Gasteiger partial charge in [-0.05, 0) is 37.3 Å². The van der Waals surface area contributed by atoms with Gasteiger partial charge in [0.25, 0.3) is 0 Å². The molecule has 0 spiro atoms. The van der Waals surface area contributed by atoms with Crippen LogP contribution in [0.5, 0.6) is 5.75 Å². The van der Waals surface area contributed by atoms with Crippen LogP contribution < -0.4 is 10.5 Å². The van der Waals surface area contributed by atoms with Gasteiger partial charge < -0.3 is 10.5 Å². The maximum atomic E-state index is 13.2. The smallest absolute Gasteiger partial charge is 0.124 e. The van der Waals surface area contributed by atoms with Gasteiger partial charge in [0.15, 0.2) is 0 Å². The van der Waals surface area contributed by atoms with Crippen LogP contribution in [0.15, 0.2) is 36.4 Å². The van der Waals surface area contributed by atoms with Crippen molar-refractivity contribution in [3.05, 3.63) is 63.4 Å². The van der Waals surface area contributed by atoms with Gasteiger partial charge in [-0.1, -0.05) is 29.3 Å². The molecule has 2 N–H and O–H groups in total. The number of ether oxygens (including phenoxy) is 1. The zero-order valence-electron chi connectivity index (χ0n) is 10.9. The van der Waals surface area contributed by atoms with Crippen LogP contribution in [0, 0.1) is 5.82 Å². The van der Waals surface area contributed by atoms with Gasteiger partial charge in [-0.2, -0.15) is 0 Å². The van der Waals surface area contributed by atoms with E-state index in [2.05, 4.69) is 0 Å². The average Bonchev–Trinajstić information content (AvgIpc) is 2.38. The molecule has 0 bridgehead atoms. The Balaban J connectivity index is 2.18. The van der Waals surface area contributed by atoms with Gasteiger partial charge in [0.1, 0.15) is 18.2 Å². The molecule has 2 aromatic rings. The molecule has 0 radical (unpaired) electrons. The highest BCUT2D eigenvalue weighted by Gasteiger charge is 2.10. The standard InChI is InChI=1S/C15H14Cl2FNO/c1-9(19)13-7-12(18)4-5-15(13)20-8-10-2-3-11(16)6-14(10)17/h2-7,9H,8,19H2,1H3/t9-/m1/s1. The van der Waals surface area contributed by atoms with E-state index in [4.69, 9.17) is 33.7 Å². The van der Waals surface area contributed by atoms with Crippen molar-refractivity contribution in [3.8, 4) is 5.75 Å². The zero-order chi connectivity index (χ0) is 14.7. The molecule has 0 saturated carbocycles. The van der Waals surface area contributed by atoms with Gasteiger partial charge in [-0.15, -0.1) is 0 Å². The summed E-state index contributed by atoms with van der Waals surface area (Å²) in [7, 11) is 0.